The van der Waals surface area contributed by atoms with Crippen LogP contribution in [0.1, 0.15) is 44.7 Å². The zero-order chi connectivity index (χ0) is 19.8. The minimum atomic E-state index is -0.601. The topological polar surface area (TPSA) is 81.7 Å². The van der Waals surface area contributed by atoms with Crippen molar-refractivity contribution < 1.29 is 23.9 Å². The van der Waals surface area contributed by atoms with E-state index in [9.17, 15) is 14.4 Å². The zero-order valence-corrected chi connectivity index (χ0v) is 15.7. The third kappa shape index (κ3) is 5.95. The molecule has 0 radical (unpaired) electrons. The lowest BCUT2D eigenvalue weighted by Gasteiger charge is -2.10. The number of methoxy groups -OCH3 is 2. The van der Waals surface area contributed by atoms with Crippen LogP contribution in [0.4, 0.5) is 5.69 Å². The van der Waals surface area contributed by atoms with Gasteiger partial charge in [0.2, 0.25) is 5.91 Å². The number of benzene rings is 2. The lowest BCUT2D eigenvalue weighted by Crippen LogP contribution is -2.14. The van der Waals surface area contributed by atoms with E-state index in [0.29, 0.717) is 18.5 Å². The molecule has 0 aliphatic heterocycles. The highest BCUT2D eigenvalue weighted by molar-refractivity contribution is 5.99. The van der Waals surface area contributed by atoms with Gasteiger partial charge in [-0.2, -0.15) is 0 Å². The molecule has 6 nitrogen and oxygen atoms in total. The Hall–Kier alpha value is -3.15. The molecule has 1 N–H and O–H groups in total. The molecule has 0 saturated heterocycles. The average Bonchev–Trinajstić information content (AvgIpc) is 2.67. The van der Waals surface area contributed by atoms with Crippen LogP contribution < -0.4 is 5.32 Å². The molecule has 0 fully saturated rings. The molecule has 0 unspecified atom stereocenters. The summed E-state index contributed by atoms with van der Waals surface area (Å²) in [6, 6.07) is 12.5. The third-order valence-electron chi connectivity index (χ3n) is 4.05. The molecule has 0 aromatic heterocycles. The van der Waals surface area contributed by atoms with Crippen molar-refractivity contribution in [1.82, 2.24) is 0 Å². The van der Waals surface area contributed by atoms with E-state index in [-0.39, 0.29) is 17.0 Å². The third-order valence-corrected chi connectivity index (χ3v) is 4.05. The van der Waals surface area contributed by atoms with Crippen LogP contribution in [0.3, 0.4) is 0 Å². The predicted molar refractivity (Wildman–Crippen MR) is 102 cm³/mol. The van der Waals surface area contributed by atoms with E-state index in [1.54, 1.807) is 0 Å². The Kier molecular flexibility index (Phi) is 7.11. The smallest absolute Gasteiger partial charge is 0.337 e. The van der Waals surface area contributed by atoms with Gasteiger partial charge in [-0.25, -0.2) is 9.59 Å². The van der Waals surface area contributed by atoms with E-state index < -0.39 is 11.9 Å². The van der Waals surface area contributed by atoms with E-state index in [4.69, 9.17) is 0 Å². The van der Waals surface area contributed by atoms with Crippen molar-refractivity contribution in [2.75, 3.05) is 19.5 Å². The summed E-state index contributed by atoms with van der Waals surface area (Å²) in [6.07, 6.45) is 1.81. The van der Waals surface area contributed by atoms with E-state index in [1.807, 2.05) is 19.1 Å². The Morgan fingerprint density at radius 2 is 1.44 bits per heavy atom. The van der Waals surface area contributed by atoms with Crippen molar-refractivity contribution in [2.24, 2.45) is 0 Å². The molecular formula is C21H23NO5. The minimum absolute atomic E-state index is 0.162. The number of hydrogen-bond acceptors (Lipinski definition) is 5. The number of ether oxygens (including phenoxy) is 2. The number of hydrogen-bond donors (Lipinski definition) is 1. The van der Waals surface area contributed by atoms with Crippen LogP contribution >= 0.6 is 0 Å². The highest BCUT2D eigenvalue weighted by Crippen LogP contribution is 2.18. The maximum Gasteiger partial charge on any atom is 0.337 e. The maximum absolute atomic E-state index is 12.2. The SMILES string of the molecule is COC(=O)c1cc(NC(=O)CCCc2ccc(C)cc2)cc(C(=O)OC)c1. The van der Waals surface area contributed by atoms with Gasteiger partial charge in [-0.15, -0.1) is 0 Å². The summed E-state index contributed by atoms with van der Waals surface area (Å²) in [5, 5.41) is 2.72. The standard InChI is InChI=1S/C21H23NO5/c1-14-7-9-15(10-8-14)5-4-6-19(23)22-18-12-16(20(24)26-2)11-17(13-18)21(25)27-3/h7-13H,4-6H2,1-3H3,(H,22,23). The van der Waals surface area contributed by atoms with E-state index in [0.717, 1.165) is 6.42 Å². The molecule has 0 atom stereocenters. The zero-order valence-electron chi connectivity index (χ0n) is 15.7. The maximum atomic E-state index is 12.2. The summed E-state index contributed by atoms with van der Waals surface area (Å²) in [5.74, 6) is -1.40. The molecule has 2 aromatic rings. The molecule has 2 rings (SSSR count). The first-order valence-electron chi connectivity index (χ1n) is 8.60. The van der Waals surface area contributed by atoms with Crippen molar-refractivity contribution in [2.45, 2.75) is 26.2 Å². The van der Waals surface area contributed by atoms with Crippen LogP contribution in [0, 0.1) is 6.92 Å². The number of carbonyl (C=O) groups excluding carboxylic acids is 3. The Morgan fingerprint density at radius 3 is 1.96 bits per heavy atom. The molecule has 0 aliphatic rings. The number of amides is 1. The second kappa shape index (κ2) is 9.52. The van der Waals surface area contributed by atoms with Crippen molar-refractivity contribution in [3.8, 4) is 0 Å². The number of anilines is 1. The summed E-state index contributed by atoms with van der Waals surface area (Å²) in [6.45, 7) is 2.03. The molecule has 142 valence electrons. The number of rotatable bonds is 7. The molecule has 0 aliphatic carbocycles. The summed E-state index contributed by atoms with van der Waals surface area (Å²) < 4.78 is 9.37. The van der Waals surface area contributed by atoms with Crippen LogP contribution in [0.2, 0.25) is 0 Å². The van der Waals surface area contributed by atoms with Gasteiger partial charge in [0.05, 0.1) is 25.3 Å². The number of aryl methyl sites for hydroxylation is 2. The van der Waals surface area contributed by atoms with Crippen molar-refractivity contribution in [1.29, 1.82) is 0 Å². The summed E-state index contributed by atoms with van der Waals surface area (Å²) in [4.78, 5) is 35.8. The van der Waals surface area contributed by atoms with E-state index in [2.05, 4.69) is 26.9 Å². The highest BCUT2D eigenvalue weighted by Gasteiger charge is 2.15. The highest BCUT2D eigenvalue weighted by atomic mass is 16.5. The molecule has 6 heteroatoms. The molecule has 1 amide bonds. The van der Waals surface area contributed by atoms with Crippen LogP contribution in [-0.4, -0.2) is 32.1 Å². The normalized spacial score (nSPS) is 10.2. The molecular weight excluding hydrogens is 346 g/mol. The van der Waals surface area contributed by atoms with Crippen molar-refractivity contribution in [3.05, 3.63) is 64.7 Å². The first-order chi connectivity index (χ1) is 12.9. The summed E-state index contributed by atoms with van der Waals surface area (Å²) >= 11 is 0. The van der Waals surface area contributed by atoms with Gasteiger partial charge in [0.25, 0.3) is 0 Å². The Labute approximate surface area is 158 Å². The van der Waals surface area contributed by atoms with Crippen LogP contribution in [-0.2, 0) is 20.7 Å². The molecule has 0 spiro atoms. The van der Waals surface area contributed by atoms with E-state index in [1.165, 1.54) is 43.5 Å². The fourth-order valence-corrected chi connectivity index (χ4v) is 2.60. The lowest BCUT2D eigenvalue weighted by molar-refractivity contribution is -0.116. The van der Waals surface area contributed by atoms with Gasteiger partial charge < -0.3 is 14.8 Å². The van der Waals surface area contributed by atoms with Gasteiger partial charge in [-0.05, 0) is 43.5 Å². The van der Waals surface area contributed by atoms with Gasteiger partial charge in [0.15, 0.2) is 0 Å². The second-order valence-electron chi connectivity index (χ2n) is 6.17. The molecule has 0 saturated carbocycles. The average molecular weight is 369 g/mol. The minimum Gasteiger partial charge on any atom is -0.465 e. The first kappa shape index (κ1) is 20.2. The monoisotopic (exact) mass is 369 g/mol. The molecule has 27 heavy (non-hydrogen) atoms. The van der Waals surface area contributed by atoms with Gasteiger partial charge in [-0.1, -0.05) is 29.8 Å². The fourth-order valence-electron chi connectivity index (χ4n) is 2.60. The Balaban J connectivity index is 2.01. The van der Waals surface area contributed by atoms with Crippen LogP contribution in [0.15, 0.2) is 42.5 Å². The molecule has 2 aromatic carbocycles. The summed E-state index contributed by atoms with van der Waals surface area (Å²) in [5.41, 5.74) is 3.04. The van der Waals surface area contributed by atoms with Gasteiger partial charge >= 0.3 is 11.9 Å². The fraction of sp³-hybridized carbons (Fsp3) is 0.286. The van der Waals surface area contributed by atoms with Gasteiger partial charge in [-0.3, -0.25) is 4.79 Å². The van der Waals surface area contributed by atoms with Gasteiger partial charge in [0, 0.05) is 12.1 Å². The number of nitrogens with one attached hydrogen (secondary N) is 1. The van der Waals surface area contributed by atoms with Crippen molar-refractivity contribution >= 4 is 23.5 Å². The summed E-state index contributed by atoms with van der Waals surface area (Å²) in [7, 11) is 2.49. The van der Waals surface area contributed by atoms with Crippen LogP contribution in [0.5, 0.6) is 0 Å². The molecule has 0 bridgehead atoms. The lowest BCUT2D eigenvalue weighted by atomic mass is 10.1. The predicted octanol–water partition coefficient (Wildman–Crippen LogP) is 3.53. The first-order valence-corrected chi connectivity index (χ1v) is 8.60. The largest absolute Gasteiger partial charge is 0.465 e. The second-order valence-corrected chi connectivity index (χ2v) is 6.17. The Morgan fingerprint density at radius 1 is 0.889 bits per heavy atom. The molecule has 0 heterocycles. The van der Waals surface area contributed by atoms with Crippen molar-refractivity contribution in [3.63, 3.8) is 0 Å². The number of esters is 2. The Bertz CT molecular complexity index is 793. The van der Waals surface area contributed by atoms with Crippen LogP contribution in [0.25, 0.3) is 0 Å². The van der Waals surface area contributed by atoms with Gasteiger partial charge in [0.1, 0.15) is 0 Å². The number of carbonyl (C=O) groups is 3. The van der Waals surface area contributed by atoms with E-state index >= 15 is 0 Å². The quantitative estimate of drug-likeness (QED) is 0.755.